The minimum absolute atomic E-state index is 0.00739. The van der Waals surface area contributed by atoms with E-state index in [0.29, 0.717) is 23.7 Å². The molecule has 23 heavy (non-hydrogen) atoms. The van der Waals surface area contributed by atoms with Gasteiger partial charge in [0.2, 0.25) is 0 Å². The molecule has 0 bridgehead atoms. The van der Waals surface area contributed by atoms with Gasteiger partial charge in [-0.1, -0.05) is 19.9 Å². The third-order valence-corrected chi connectivity index (χ3v) is 3.74. The fourth-order valence-corrected chi connectivity index (χ4v) is 2.26. The molecule has 2 N–H and O–H groups in total. The predicted molar refractivity (Wildman–Crippen MR) is 86.9 cm³/mol. The molecule has 0 radical (unpaired) electrons. The number of aromatic nitrogens is 1. The van der Waals surface area contributed by atoms with Crippen LogP contribution >= 0.6 is 0 Å². The summed E-state index contributed by atoms with van der Waals surface area (Å²) in [6.07, 6.45) is 0. The number of halogens is 1. The van der Waals surface area contributed by atoms with Gasteiger partial charge in [-0.05, 0) is 36.2 Å². The number of aliphatic hydroxyl groups excluding tert-OH is 1. The lowest BCUT2D eigenvalue weighted by Crippen LogP contribution is -2.36. The zero-order valence-electron chi connectivity index (χ0n) is 13.3. The van der Waals surface area contributed by atoms with Gasteiger partial charge in [-0.2, -0.15) is 5.26 Å². The molecule has 0 aliphatic heterocycles. The predicted octanol–water partition coefficient (Wildman–Crippen LogP) is 2.87. The molecule has 0 aliphatic carbocycles. The Labute approximate surface area is 135 Å². The highest BCUT2D eigenvalue weighted by Crippen LogP contribution is 2.20. The Kier molecular flexibility index (Phi) is 5.80. The number of nitrogens with one attached hydrogen (secondary N) is 1. The van der Waals surface area contributed by atoms with Gasteiger partial charge in [0.1, 0.15) is 11.9 Å². The topological polar surface area (TPSA) is 68.9 Å². The Morgan fingerprint density at radius 2 is 2.09 bits per heavy atom. The molecule has 0 amide bonds. The standard InChI is InChI=1S/C18H20FN3O/c1-12(2)18(11-23)21-10-15-4-3-5-17(22-15)13-6-7-16(19)14(8-13)9-20/h3-8,12,18,21,23H,10-11H2,1-2H3/t18-/m0/s1. The first-order valence-corrected chi connectivity index (χ1v) is 7.55. The quantitative estimate of drug-likeness (QED) is 0.860. The number of aliphatic hydroxyl groups is 1. The van der Waals surface area contributed by atoms with Gasteiger partial charge in [-0.3, -0.25) is 4.98 Å². The maximum absolute atomic E-state index is 13.4. The summed E-state index contributed by atoms with van der Waals surface area (Å²) in [6, 6.07) is 11.8. The van der Waals surface area contributed by atoms with Crippen LogP contribution in [0.4, 0.5) is 4.39 Å². The van der Waals surface area contributed by atoms with Crippen molar-refractivity contribution in [2.24, 2.45) is 5.92 Å². The first-order valence-electron chi connectivity index (χ1n) is 7.55. The lowest BCUT2D eigenvalue weighted by atomic mass is 10.1. The molecule has 4 nitrogen and oxygen atoms in total. The van der Waals surface area contributed by atoms with E-state index in [4.69, 9.17) is 5.26 Å². The second-order valence-corrected chi connectivity index (χ2v) is 5.73. The van der Waals surface area contributed by atoms with E-state index in [1.165, 1.54) is 12.1 Å². The number of pyridine rings is 1. The van der Waals surface area contributed by atoms with Gasteiger partial charge in [-0.15, -0.1) is 0 Å². The van der Waals surface area contributed by atoms with Gasteiger partial charge < -0.3 is 10.4 Å². The minimum atomic E-state index is -0.531. The molecule has 0 aliphatic rings. The Hall–Kier alpha value is -2.29. The fourth-order valence-electron chi connectivity index (χ4n) is 2.26. The van der Waals surface area contributed by atoms with Crippen LogP contribution in [0, 0.1) is 23.1 Å². The normalized spacial score (nSPS) is 12.2. The average Bonchev–Trinajstić information content (AvgIpc) is 2.56. The lowest BCUT2D eigenvalue weighted by molar-refractivity contribution is 0.209. The summed E-state index contributed by atoms with van der Waals surface area (Å²) in [5.41, 5.74) is 2.22. The number of rotatable bonds is 6. The van der Waals surface area contributed by atoms with Gasteiger partial charge in [0, 0.05) is 18.2 Å². The third kappa shape index (κ3) is 4.35. The zero-order valence-corrected chi connectivity index (χ0v) is 13.3. The van der Waals surface area contributed by atoms with E-state index in [0.717, 1.165) is 5.69 Å². The Morgan fingerprint density at radius 1 is 1.30 bits per heavy atom. The van der Waals surface area contributed by atoms with Crippen LogP contribution in [0.3, 0.4) is 0 Å². The molecule has 1 heterocycles. The third-order valence-electron chi connectivity index (χ3n) is 3.74. The molecule has 2 rings (SSSR count). The molecule has 1 aromatic heterocycles. The van der Waals surface area contributed by atoms with Gasteiger partial charge in [0.25, 0.3) is 0 Å². The van der Waals surface area contributed by atoms with Crippen molar-refractivity contribution in [2.75, 3.05) is 6.61 Å². The molecule has 0 saturated carbocycles. The maximum atomic E-state index is 13.4. The Balaban J connectivity index is 2.18. The smallest absolute Gasteiger partial charge is 0.140 e. The number of nitriles is 1. The molecule has 0 spiro atoms. The largest absolute Gasteiger partial charge is 0.395 e. The van der Waals surface area contributed by atoms with Gasteiger partial charge in [0.15, 0.2) is 0 Å². The van der Waals surface area contributed by atoms with E-state index in [1.54, 1.807) is 6.07 Å². The summed E-state index contributed by atoms with van der Waals surface area (Å²) in [6.45, 7) is 4.68. The highest BCUT2D eigenvalue weighted by molar-refractivity contribution is 5.61. The molecule has 0 unspecified atom stereocenters. The van der Waals surface area contributed by atoms with Crippen molar-refractivity contribution in [3.05, 3.63) is 53.5 Å². The van der Waals surface area contributed by atoms with Gasteiger partial charge in [-0.25, -0.2) is 4.39 Å². The van der Waals surface area contributed by atoms with Crippen molar-refractivity contribution in [1.82, 2.24) is 10.3 Å². The van der Waals surface area contributed by atoms with Crippen LogP contribution in [0.25, 0.3) is 11.3 Å². The lowest BCUT2D eigenvalue weighted by Gasteiger charge is -2.19. The van der Waals surface area contributed by atoms with Crippen LogP contribution in [0.5, 0.6) is 0 Å². The molecule has 120 valence electrons. The van der Waals surface area contributed by atoms with E-state index >= 15 is 0 Å². The summed E-state index contributed by atoms with van der Waals surface area (Å²) >= 11 is 0. The maximum Gasteiger partial charge on any atom is 0.140 e. The van der Waals surface area contributed by atoms with E-state index in [-0.39, 0.29) is 18.2 Å². The highest BCUT2D eigenvalue weighted by Gasteiger charge is 2.12. The number of nitrogens with zero attached hydrogens (tertiary/aromatic N) is 2. The molecule has 0 fully saturated rings. The van der Waals surface area contributed by atoms with Crippen LogP contribution in [0.2, 0.25) is 0 Å². The first kappa shape index (κ1) is 17.1. The highest BCUT2D eigenvalue weighted by atomic mass is 19.1. The van der Waals surface area contributed by atoms with E-state index < -0.39 is 5.82 Å². The van der Waals surface area contributed by atoms with Crippen molar-refractivity contribution in [1.29, 1.82) is 5.26 Å². The van der Waals surface area contributed by atoms with Crippen molar-refractivity contribution in [3.8, 4) is 17.3 Å². The van der Waals surface area contributed by atoms with Gasteiger partial charge in [0.05, 0.1) is 23.6 Å². The summed E-state index contributed by atoms with van der Waals surface area (Å²) < 4.78 is 13.4. The molecule has 5 heteroatoms. The SMILES string of the molecule is CC(C)[C@H](CO)NCc1cccc(-c2ccc(F)c(C#N)c2)n1. The summed E-state index contributed by atoms with van der Waals surface area (Å²) in [5.74, 6) is -0.213. The Morgan fingerprint density at radius 3 is 2.74 bits per heavy atom. The van der Waals surface area contributed by atoms with Crippen LogP contribution in [-0.4, -0.2) is 22.7 Å². The first-order chi connectivity index (χ1) is 11.0. The fraction of sp³-hybridized carbons (Fsp3) is 0.333. The molecule has 1 atom stereocenters. The molecule has 0 saturated heterocycles. The van der Waals surface area contributed by atoms with Crippen molar-refractivity contribution >= 4 is 0 Å². The minimum Gasteiger partial charge on any atom is -0.395 e. The van der Waals surface area contributed by atoms with Crippen LogP contribution in [0.15, 0.2) is 36.4 Å². The van der Waals surface area contributed by atoms with E-state index in [1.807, 2.05) is 38.1 Å². The second kappa shape index (κ2) is 7.82. The van der Waals surface area contributed by atoms with Crippen LogP contribution < -0.4 is 5.32 Å². The van der Waals surface area contributed by atoms with Crippen molar-refractivity contribution in [2.45, 2.75) is 26.4 Å². The molecular weight excluding hydrogens is 293 g/mol. The van der Waals surface area contributed by atoms with Gasteiger partial charge >= 0.3 is 0 Å². The number of hydrogen-bond donors (Lipinski definition) is 2. The Bertz CT molecular complexity index is 710. The monoisotopic (exact) mass is 313 g/mol. The van der Waals surface area contributed by atoms with E-state index in [9.17, 15) is 9.50 Å². The summed E-state index contributed by atoms with van der Waals surface area (Å²) in [7, 11) is 0. The van der Waals surface area contributed by atoms with Crippen LogP contribution in [-0.2, 0) is 6.54 Å². The zero-order chi connectivity index (χ0) is 16.8. The number of hydrogen-bond acceptors (Lipinski definition) is 4. The summed E-state index contributed by atoms with van der Waals surface area (Å²) in [4.78, 5) is 4.54. The second-order valence-electron chi connectivity index (χ2n) is 5.73. The number of benzene rings is 1. The van der Waals surface area contributed by atoms with Crippen molar-refractivity contribution < 1.29 is 9.50 Å². The van der Waals surface area contributed by atoms with Crippen LogP contribution in [0.1, 0.15) is 25.1 Å². The average molecular weight is 313 g/mol. The molecular formula is C18H20FN3O. The molecule has 1 aromatic carbocycles. The van der Waals surface area contributed by atoms with E-state index in [2.05, 4.69) is 10.3 Å². The van der Waals surface area contributed by atoms with Crippen molar-refractivity contribution in [3.63, 3.8) is 0 Å². The molecule has 2 aromatic rings. The summed E-state index contributed by atoms with van der Waals surface area (Å²) in [5, 5.41) is 21.5.